The molecule has 28 heavy (non-hydrogen) atoms. The normalized spacial score (nSPS) is 15.8. The second-order valence-electron chi connectivity index (χ2n) is 6.93. The second-order valence-corrected chi connectivity index (χ2v) is 6.93. The minimum absolute atomic E-state index is 0.0795. The summed E-state index contributed by atoms with van der Waals surface area (Å²) in [4.78, 5) is 32.4. The highest BCUT2D eigenvalue weighted by Gasteiger charge is 2.30. The molecule has 8 heteroatoms. The Kier molecular flexibility index (Phi) is 4.68. The van der Waals surface area contributed by atoms with Gasteiger partial charge in [0.2, 0.25) is 0 Å². The summed E-state index contributed by atoms with van der Waals surface area (Å²) < 4.78 is 5.27. The molecule has 1 aliphatic rings. The number of nitrogens with zero attached hydrogens (tertiary/aromatic N) is 5. The molecule has 0 radical (unpaired) electrons. The standard InChI is InChI=1S/C20H22N6O2/c1-25(2)20(27)16-8-21-9-18(24-16)26-10-15(19-17(11-26)22-12-23-19)13-4-6-14(28-3)7-5-13/h4-9,12,15H,10-11H2,1-3H3,(H,22,23). The van der Waals surface area contributed by atoms with Gasteiger partial charge in [-0.05, 0) is 17.7 Å². The lowest BCUT2D eigenvalue weighted by Gasteiger charge is -2.33. The van der Waals surface area contributed by atoms with Crippen LogP contribution in [0.1, 0.15) is 33.4 Å². The van der Waals surface area contributed by atoms with Crippen LogP contribution in [0.15, 0.2) is 43.0 Å². The Labute approximate surface area is 163 Å². The molecule has 1 atom stereocenters. The average Bonchev–Trinajstić information content (AvgIpc) is 3.21. The third-order valence-electron chi connectivity index (χ3n) is 4.92. The van der Waals surface area contributed by atoms with Gasteiger partial charge in [0.25, 0.3) is 5.91 Å². The van der Waals surface area contributed by atoms with Crippen LogP contribution in [-0.2, 0) is 6.54 Å². The zero-order valence-corrected chi connectivity index (χ0v) is 16.1. The van der Waals surface area contributed by atoms with Crippen molar-refractivity contribution in [2.24, 2.45) is 0 Å². The maximum atomic E-state index is 12.3. The van der Waals surface area contributed by atoms with Crippen molar-refractivity contribution in [1.29, 1.82) is 0 Å². The average molecular weight is 378 g/mol. The third kappa shape index (κ3) is 3.28. The molecule has 0 saturated heterocycles. The van der Waals surface area contributed by atoms with Gasteiger partial charge in [0.15, 0.2) is 0 Å². The molecular formula is C20H22N6O2. The number of hydrogen-bond acceptors (Lipinski definition) is 6. The Bertz CT molecular complexity index is 982. The fourth-order valence-electron chi connectivity index (χ4n) is 3.43. The van der Waals surface area contributed by atoms with Crippen molar-refractivity contribution in [3.05, 3.63) is 65.6 Å². The molecule has 3 aromatic rings. The van der Waals surface area contributed by atoms with Crippen molar-refractivity contribution in [3.63, 3.8) is 0 Å². The number of ether oxygens (including phenoxy) is 1. The number of imidazole rings is 1. The van der Waals surface area contributed by atoms with Crippen LogP contribution in [-0.4, -0.2) is 58.5 Å². The summed E-state index contributed by atoms with van der Waals surface area (Å²) in [6.45, 7) is 1.33. The maximum absolute atomic E-state index is 12.3. The SMILES string of the molecule is COc1ccc(C2CN(c3cncc(C(=O)N(C)C)n3)Cc3[nH]cnc32)cc1. The molecule has 0 aliphatic carbocycles. The third-order valence-corrected chi connectivity index (χ3v) is 4.92. The number of H-pyrrole nitrogens is 1. The van der Waals surface area contributed by atoms with E-state index in [9.17, 15) is 4.79 Å². The Hall–Kier alpha value is -3.42. The van der Waals surface area contributed by atoms with E-state index in [1.807, 2.05) is 12.1 Å². The molecule has 144 valence electrons. The summed E-state index contributed by atoms with van der Waals surface area (Å²) in [7, 11) is 5.06. The van der Waals surface area contributed by atoms with E-state index < -0.39 is 0 Å². The van der Waals surface area contributed by atoms with E-state index in [0.29, 0.717) is 24.6 Å². The number of aromatic nitrogens is 4. The lowest BCUT2D eigenvalue weighted by atomic mass is 9.91. The molecule has 0 spiro atoms. The Balaban J connectivity index is 1.67. The zero-order chi connectivity index (χ0) is 19.7. The molecule has 4 rings (SSSR count). The summed E-state index contributed by atoms with van der Waals surface area (Å²) in [6, 6.07) is 8.03. The molecule has 0 saturated carbocycles. The van der Waals surface area contributed by atoms with Gasteiger partial charge >= 0.3 is 0 Å². The van der Waals surface area contributed by atoms with Gasteiger partial charge in [-0.25, -0.2) is 9.97 Å². The summed E-state index contributed by atoms with van der Waals surface area (Å²) in [5, 5.41) is 0. The van der Waals surface area contributed by atoms with Crippen LogP contribution in [0.3, 0.4) is 0 Å². The summed E-state index contributed by atoms with van der Waals surface area (Å²) in [5.41, 5.74) is 3.55. The summed E-state index contributed by atoms with van der Waals surface area (Å²) in [5.74, 6) is 1.40. The van der Waals surface area contributed by atoms with Crippen molar-refractivity contribution in [1.82, 2.24) is 24.8 Å². The monoisotopic (exact) mass is 378 g/mol. The number of methoxy groups -OCH3 is 1. The number of fused-ring (bicyclic) bond motifs is 1. The predicted molar refractivity (Wildman–Crippen MR) is 105 cm³/mol. The molecule has 8 nitrogen and oxygen atoms in total. The Morgan fingerprint density at radius 2 is 2.04 bits per heavy atom. The molecule has 1 aromatic carbocycles. The number of amides is 1. The van der Waals surface area contributed by atoms with E-state index in [0.717, 1.165) is 22.7 Å². The summed E-state index contributed by atoms with van der Waals surface area (Å²) >= 11 is 0. The van der Waals surface area contributed by atoms with Gasteiger partial charge in [-0.2, -0.15) is 0 Å². The van der Waals surface area contributed by atoms with Crippen molar-refractivity contribution < 1.29 is 9.53 Å². The van der Waals surface area contributed by atoms with E-state index in [-0.39, 0.29) is 11.8 Å². The fraction of sp³-hybridized carbons (Fsp3) is 0.300. The van der Waals surface area contributed by atoms with E-state index in [2.05, 4.69) is 37.0 Å². The van der Waals surface area contributed by atoms with Gasteiger partial charge < -0.3 is 19.5 Å². The van der Waals surface area contributed by atoms with Crippen LogP contribution in [0, 0.1) is 0 Å². The maximum Gasteiger partial charge on any atom is 0.273 e. The number of rotatable bonds is 4. The number of anilines is 1. The van der Waals surface area contributed by atoms with Gasteiger partial charge in [0, 0.05) is 26.6 Å². The molecule has 1 N–H and O–H groups in total. The number of aromatic amines is 1. The van der Waals surface area contributed by atoms with Crippen LogP contribution < -0.4 is 9.64 Å². The van der Waals surface area contributed by atoms with E-state index in [4.69, 9.17) is 4.74 Å². The highest BCUT2D eigenvalue weighted by molar-refractivity contribution is 5.91. The van der Waals surface area contributed by atoms with Gasteiger partial charge in [0.05, 0.1) is 43.8 Å². The molecule has 2 aromatic heterocycles. The quantitative estimate of drug-likeness (QED) is 0.748. The van der Waals surface area contributed by atoms with E-state index in [1.54, 1.807) is 33.7 Å². The lowest BCUT2D eigenvalue weighted by Crippen LogP contribution is -2.35. The van der Waals surface area contributed by atoms with Crippen LogP contribution >= 0.6 is 0 Å². The second kappa shape index (κ2) is 7.30. The minimum Gasteiger partial charge on any atom is -0.497 e. The van der Waals surface area contributed by atoms with Crippen LogP contribution in [0.2, 0.25) is 0 Å². The van der Waals surface area contributed by atoms with Crippen LogP contribution in [0.25, 0.3) is 0 Å². The topological polar surface area (TPSA) is 87.2 Å². The number of benzene rings is 1. The van der Waals surface area contributed by atoms with Gasteiger partial charge in [-0.15, -0.1) is 0 Å². The first kappa shape index (κ1) is 18.0. The minimum atomic E-state index is -0.166. The number of carbonyl (C=O) groups excluding carboxylic acids is 1. The smallest absolute Gasteiger partial charge is 0.273 e. The van der Waals surface area contributed by atoms with Crippen molar-refractivity contribution in [2.45, 2.75) is 12.5 Å². The predicted octanol–water partition coefficient (Wildman–Crippen LogP) is 2.06. The molecule has 0 fully saturated rings. The highest BCUT2D eigenvalue weighted by Crippen LogP contribution is 2.34. The first-order valence-electron chi connectivity index (χ1n) is 9.01. The first-order valence-corrected chi connectivity index (χ1v) is 9.01. The fourth-order valence-corrected chi connectivity index (χ4v) is 3.43. The molecule has 1 aliphatic heterocycles. The molecular weight excluding hydrogens is 356 g/mol. The number of hydrogen-bond donors (Lipinski definition) is 1. The number of nitrogens with one attached hydrogen (secondary N) is 1. The summed E-state index contributed by atoms with van der Waals surface area (Å²) in [6.07, 6.45) is 4.92. The van der Waals surface area contributed by atoms with Crippen molar-refractivity contribution in [3.8, 4) is 5.75 Å². The van der Waals surface area contributed by atoms with Gasteiger partial charge in [0.1, 0.15) is 17.3 Å². The van der Waals surface area contributed by atoms with Gasteiger partial charge in [-0.3, -0.25) is 9.78 Å². The lowest BCUT2D eigenvalue weighted by molar-refractivity contribution is 0.0821. The first-order chi connectivity index (χ1) is 13.6. The molecule has 1 amide bonds. The highest BCUT2D eigenvalue weighted by atomic mass is 16.5. The molecule has 3 heterocycles. The van der Waals surface area contributed by atoms with Crippen LogP contribution in [0.5, 0.6) is 5.75 Å². The van der Waals surface area contributed by atoms with Crippen molar-refractivity contribution in [2.75, 3.05) is 32.6 Å². The molecule has 0 bridgehead atoms. The van der Waals surface area contributed by atoms with Gasteiger partial charge in [-0.1, -0.05) is 12.1 Å². The Morgan fingerprint density at radius 3 is 2.75 bits per heavy atom. The van der Waals surface area contributed by atoms with Crippen molar-refractivity contribution >= 4 is 11.7 Å². The van der Waals surface area contributed by atoms with E-state index >= 15 is 0 Å². The Morgan fingerprint density at radius 1 is 1.25 bits per heavy atom. The molecule has 1 unspecified atom stereocenters. The van der Waals surface area contributed by atoms with E-state index in [1.165, 1.54) is 11.1 Å². The number of carbonyl (C=O) groups is 1. The zero-order valence-electron chi connectivity index (χ0n) is 16.1. The largest absolute Gasteiger partial charge is 0.497 e. The van der Waals surface area contributed by atoms with Crippen LogP contribution in [0.4, 0.5) is 5.82 Å².